The number of aromatic hydroxyl groups is 4. The summed E-state index contributed by atoms with van der Waals surface area (Å²) < 4.78 is 5.40. The summed E-state index contributed by atoms with van der Waals surface area (Å²) >= 11 is 0. The summed E-state index contributed by atoms with van der Waals surface area (Å²) in [5.41, 5.74) is -0.403. The zero-order valence-corrected chi connectivity index (χ0v) is 16.0. The molecule has 0 saturated carbocycles. The van der Waals surface area contributed by atoms with E-state index in [1.807, 2.05) is 0 Å². The lowest BCUT2D eigenvalue weighted by molar-refractivity contribution is -0.162. The molecule has 8 nitrogen and oxygen atoms in total. The average molecular weight is 401 g/mol. The van der Waals surface area contributed by atoms with E-state index in [1.54, 1.807) is 6.92 Å². The van der Waals surface area contributed by atoms with Crippen molar-refractivity contribution in [3.8, 4) is 23.0 Å². The quantitative estimate of drug-likeness (QED) is 0.208. The van der Waals surface area contributed by atoms with Crippen molar-refractivity contribution in [3.63, 3.8) is 0 Å². The van der Waals surface area contributed by atoms with Crippen LogP contribution < -0.4 is 5.32 Å². The topological polar surface area (TPSA) is 136 Å². The van der Waals surface area contributed by atoms with Crippen molar-refractivity contribution in [2.75, 3.05) is 0 Å². The number of rotatable bonds is 7. The third-order valence-corrected chi connectivity index (χ3v) is 4.02. The average Bonchev–Trinajstić information content (AvgIpc) is 2.65. The molecule has 0 heterocycles. The molecule has 8 heteroatoms. The third-order valence-electron chi connectivity index (χ3n) is 4.02. The Kier molecular flexibility index (Phi) is 6.71. The van der Waals surface area contributed by atoms with Crippen LogP contribution in [0.25, 0.3) is 6.08 Å². The van der Waals surface area contributed by atoms with Gasteiger partial charge in [-0.3, -0.25) is 9.59 Å². The zero-order chi connectivity index (χ0) is 21.6. The fraction of sp³-hybridized carbons (Fsp3) is 0.238. The Bertz CT molecular complexity index is 939. The lowest BCUT2D eigenvalue weighted by Gasteiger charge is -2.30. The minimum Gasteiger partial charge on any atom is -0.504 e. The lowest BCUT2D eigenvalue weighted by Crippen LogP contribution is -2.50. The van der Waals surface area contributed by atoms with Crippen molar-refractivity contribution in [1.82, 2.24) is 5.32 Å². The van der Waals surface area contributed by atoms with E-state index in [4.69, 9.17) is 4.74 Å². The van der Waals surface area contributed by atoms with Gasteiger partial charge < -0.3 is 30.5 Å². The molecule has 0 aliphatic rings. The van der Waals surface area contributed by atoms with Gasteiger partial charge in [0.15, 0.2) is 28.7 Å². The highest BCUT2D eigenvalue weighted by Crippen LogP contribution is 2.28. The van der Waals surface area contributed by atoms with E-state index in [-0.39, 0.29) is 35.8 Å². The number of ether oxygens (including phenoxy) is 1. The van der Waals surface area contributed by atoms with Gasteiger partial charge in [0.2, 0.25) is 5.91 Å². The Balaban J connectivity index is 2.18. The number of carbonyl (C=O) groups is 2. The first-order valence-electron chi connectivity index (χ1n) is 8.87. The van der Waals surface area contributed by atoms with Crippen molar-refractivity contribution in [2.45, 2.75) is 32.4 Å². The maximum Gasteiger partial charge on any atom is 0.307 e. The van der Waals surface area contributed by atoms with Crippen molar-refractivity contribution in [1.29, 1.82) is 0 Å². The Morgan fingerprint density at radius 2 is 1.62 bits per heavy atom. The number of carbonyl (C=O) groups excluding carboxylic acids is 2. The summed E-state index contributed by atoms with van der Waals surface area (Å²) in [5, 5.41) is 40.5. The van der Waals surface area contributed by atoms with Gasteiger partial charge in [-0.05, 0) is 48.4 Å². The summed E-state index contributed by atoms with van der Waals surface area (Å²) in [6.07, 6.45) is 2.77. The molecular formula is C21H23NO7. The summed E-state index contributed by atoms with van der Waals surface area (Å²) in [7, 11) is 0. The normalized spacial score (nSPS) is 13.0. The molecule has 0 bridgehead atoms. The maximum absolute atomic E-state index is 12.4. The molecule has 2 aromatic carbocycles. The lowest BCUT2D eigenvalue weighted by atomic mass is 10.0. The zero-order valence-electron chi connectivity index (χ0n) is 16.0. The SMILES string of the molecule is CCC(=O)O[C@](C)(Cc1ccc(O)c(O)c1)NC(=O)C=Cc1ccc(O)c(O)c1. The number of phenolic OH excluding ortho intramolecular Hbond substituents is 4. The van der Waals surface area contributed by atoms with E-state index in [2.05, 4.69) is 5.32 Å². The molecule has 1 amide bonds. The summed E-state index contributed by atoms with van der Waals surface area (Å²) in [6.45, 7) is 3.14. The summed E-state index contributed by atoms with van der Waals surface area (Å²) in [5.74, 6) is -2.30. The molecule has 0 aliphatic heterocycles. The van der Waals surface area contributed by atoms with E-state index in [0.717, 1.165) is 0 Å². The largest absolute Gasteiger partial charge is 0.504 e. The van der Waals surface area contributed by atoms with Crippen molar-refractivity contribution in [3.05, 3.63) is 53.6 Å². The molecule has 0 saturated heterocycles. The molecule has 5 N–H and O–H groups in total. The second-order valence-electron chi connectivity index (χ2n) is 6.63. The molecule has 0 unspecified atom stereocenters. The van der Waals surface area contributed by atoms with E-state index >= 15 is 0 Å². The molecule has 0 aromatic heterocycles. The minimum atomic E-state index is -1.41. The van der Waals surface area contributed by atoms with Crippen LogP contribution in [0.15, 0.2) is 42.5 Å². The van der Waals surface area contributed by atoms with E-state index in [0.29, 0.717) is 11.1 Å². The van der Waals surface area contributed by atoms with Gasteiger partial charge in [-0.1, -0.05) is 19.1 Å². The number of hydrogen-bond acceptors (Lipinski definition) is 7. The molecular weight excluding hydrogens is 378 g/mol. The minimum absolute atomic E-state index is 0.0478. The number of phenols is 4. The molecule has 0 aliphatic carbocycles. The van der Waals surface area contributed by atoms with E-state index < -0.39 is 17.6 Å². The van der Waals surface area contributed by atoms with Crippen molar-refractivity contribution in [2.24, 2.45) is 0 Å². The van der Waals surface area contributed by atoms with Gasteiger partial charge in [-0.2, -0.15) is 0 Å². The Morgan fingerprint density at radius 1 is 1.00 bits per heavy atom. The highest BCUT2D eigenvalue weighted by Gasteiger charge is 2.30. The van der Waals surface area contributed by atoms with Gasteiger partial charge in [0.1, 0.15) is 0 Å². The van der Waals surface area contributed by atoms with Gasteiger partial charge in [0.25, 0.3) is 0 Å². The summed E-state index contributed by atoms with van der Waals surface area (Å²) in [4.78, 5) is 24.2. The Labute approximate surface area is 167 Å². The van der Waals surface area contributed by atoms with Crippen LogP contribution in [0.5, 0.6) is 23.0 Å². The van der Waals surface area contributed by atoms with Crippen LogP contribution in [0.3, 0.4) is 0 Å². The van der Waals surface area contributed by atoms with Crippen LogP contribution in [-0.2, 0) is 20.7 Å². The van der Waals surface area contributed by atoms with Crippen LogP contribution in [0.4, 0.5) is 0 Å². The van der Waals surface area contributed by atoms with Crippen molar-refractivity contribution >= 4 is 18.0 Å². The van der Waals surface area contributed by atoms with Crippen LogP contribution >= 0.6 is 0 Å². The van der Waals surface area contributed by atoms with Crippen molar-refractivity contribution < 1.29 is 34.8 Å². The smallest absolute Gasteiger partial charge is 0.307 e. The number of benzene rings is 2. The number of esters is 1. The van der Waals surface area contributed by atoms with E-state index in [9.17, 15) is 30.0 Å². The van der Waals surface area contributed by atoms with E-state index in [1.165, 1.54) is 55.5 Å². The second-order valence-corrected chi connectivity index (χ2v) is 6.63. The highest BCUT2D eigenvalue weighted by molar-refractivity contribution is 5.92. The maximum atomic E-state index is 12.4. The molecule has 0 radical (unpaired) electrons. The summed E-state index contributed by atoms with van der Waals surface area (Å²) in [6, 6.07) is 8.23. The number of nitrogens with one attached hydrogen (secondary N) is 1. The Morgan fingerprint density at radius 3 is 2.21 bits per heavy atom. The highest BCUT2D eigenvalue weighted by atomic mass is 16.6. The fourth-order valence-corrected chi connectivity index (χ4v) is 2.62. The predicted octanol–water partition coefficient (Wildman–Crippen LogP) is 2.55. The van der Waals surface area contributed by atoms with Crippen LogP contribution in [-0.4, -0.2) is 38.0 Å². The van der Waals surface area contributed by atoms with Gasteiger partial charge in [-0.15, -0.1) is 0 Å². The molecule has 29 heavy (non-hydrogen) atoms. The molecule has 154 valence electrons. The first kappa shape index (κ1) is 21.6. The van der Waals surface area contributed by atoms with Crippen LogP contribution in [0, 0.1) is 0 Å². The molecule has 0 spiro atoms. The van der Waals surface area contributed by atoms with Crippen LogP contribution in [0.1, 0.15) is 31.4 Å². The number of amides is 1. The third kappa shape index (κ3) is 6.17. The first-order chi connectivity index (χ1) is 13.6. The molecule has 1 atom stereocenters. The predicted molar refractivity (Wildman–Crippen MR) is 105 cm³/mol. The second kappa shape index (κ2) is 9.01. The van der Waals surface area contributed by atoms with Gasteiger partial charge in [0.05, 0.1) is 0 Å². The van der Waals surface area contributed by atoms with Gasteiger partial charge in [0, 0.05) is 18.9 Å². The van der Waals surface area contributed by atoms with Gasteiger partial charge in [-0.25, -0.2) is 0 Å². The standard InChI is InChI=1S/C21H23NO7/c1-3-20(28)29-21(2,12-14-5-8-16(24)18(26)11-14)22-19(27)9-6-13-4-7-15(23)17(25)10-13/h4-11,23-26H,3,12H2,1-2H3,(H,22,27)/t21-/m1/s1. The van der Waals surface area contributed by atoms with Crippen LogP contribution in [0.2, 0.25) is 0 Å². The van der Waals surface area contributed by atoms with Gasteiger partial charge >= 0.3 is 5.97 Å². The fourth-order valence-electron chi connectivity index (χ4n) is 2.62. The monoisotopic (exact) mass is 401 g/mol. The first-order valence-corrected chi connectivity index (χ1v) is 8.87. The molecule has 0 fully saturated rings. The molecule has 2 rings (SSSR count). The Hall–Kier alpha value is -3.68. The molecule has 2 aromatic rings. The number of hydrogen-bond donors (Lipinski definition) is 5.